The zero-order valence-corrected chi connectivity index (χ0v) is 24.8. The number of likely N-dealkylation sites (N-methyl/N-ethyl adjacent to an activating group) is 1. The number of hydrogen-bond acceptors (Lipinski definition) is 10. The van der Waals surface area contributed by atoms with Gasteiger partial charge in [-0.05, 0) is 63.0 Å². The number of carbonyl (C=O) groups excluding carboxylic acids is 1. The van der Waals surface area contributed by atoms with E-state index in [0.29, 0.717) is 43.5 Å². The molecule has 1 amide bonds. The summed E-state index contributed by atoms with van der Waals surface area (Å²) in [5.74, 6) is 2.81. The lowest BCUT2D eigenvalue weighted by atomic mass is 10.1. The summed E-state index contributed by atoms with van der Waals surface area (Å²) in [6.45, 7) is 5.15. The number of hydrogen-bond donors (Lipinski definition) is 1. The lowest BCUT2D eigenvalue weighted by molar-refractivity contribution is -0.129. The van der Waals surface area contributed by atoms with Gasteiger partial charge in [-0.3, -0.25) is 4.79 Å². The molecule has 12 nitrogen and oxygen atoms in total. The zero-order valence-electron chi connectivity index (χ0n) is 24.8. The van der Waals surface area contributed by atoms with E-state index >= 15 is 0 Å². The first-order chi connectivity index (χ1) is 21.4. The maximum Gasteiger partial charge on any atom is 0.246 e. The SMILES string of the molecule is Cc1cc(Nc2ncnc3ccc4c(c23)OC[C@H]2CN4CCN2C(=O)/C=C/CN(C)C)ccc1Oc1ccn2ncnc2c1. The molecule has 0 unspecified atom stereocenters. The third-order valence-electron chi connectivity index (χ3n) is 7.91. The average molecular weight is 592 g/mol. The molecule has 1 saturated heterocycles. The smallest absolute Gasteiger partial charge is 0.246 e. The topological polar surface area (TPSA) is 113 Å². The molecule has 0 spiro atoms. The molecule has 1 fully saturated rings. The summed E-state index contributed by atoms with van der Waals surface area (Å²) < 4.78 is 14.3. The molecule has 0 saturated carbocycles. The minimum Gasteiger partial charge on any atom is -0.488 e. The Bertz CT molecular complexity index is 1890. The fraction of sp³-hybridized carbons (Fsp3) is 0.281. The number of aromatic nitrogens is 5. The third-order valence-corrected chi connectivity index (χ3v) is 7.91. The van der Waals surface area contributed by atoms with Crippen LogP contribution in [0.4, 0.5) is 17.2 Å². The van der Waals surface area contributed by atoms with E-state index in [2.05, 4.69) is 36.3 Å². The van der Waals surface area contributed by atoms with Crippen LogP contribution in [0.25, 0.3) is 16.6 Å². The number of carbonyl (C=O) groups is 1. The standard InChI is InChI=1S/C32H33N9O3/c1-21-15-22(6-9-27(21)44-24-10-12-41-28(16-24)34-20-36-41)37-32-30-25(33-19-35-32)7-8-26-31(30)43-18-23-17-39(26)13-14-40(23)29(42)5-4-11-38(2)3/h4-10,12,15-16,19-20,23H,11,13-14,17-18H2,1-3H3,(H,33,35,37)/b5-4+/t23-/m1/s1. The summed E-state index contributed by atoms with van der Waals surface area (Å²) >= 11 is 0. The first kappa shape index (κ1) is 27.6. The highest BCUT2D eigenvalue weighted by Crippen LogP contribution is 2.42. The maximum atomic E-state index is 13.0. The molecule has 2 bridgehead atoms. The van der Waals surface area contributed by atoms with Gasteiger partial charge in [-0.2, -0.15) is 5.10 Å². The lowest BCUT2D eigenvalue weighted by Crippen LogP contribution is -2.56. The van der Waals surface area contributed by atoms with Crippen LogP contribution in [0.15, 0.2) is 73.5 Å². The van der Waals surface area contributed by atoms with Crippen LogP contribution in [0.1, 0.15) is 5.56 Å². The molecule has 1 N–H and O–H groups in total. The molecule has 7 rings (SSSR count). The number of amides is 1. The van der Waals surface area contributed by atoms with Crippen LogP contribution >= 0.6 is 0 Å². The van der Waals surface area contributed by atoms with Crippen molar-refractivity contribution in [3.63, 3.8) is 0 Å². The first-order valence-electron chi connectivity index (χ1n) is 14.6. The van der Waals surface area contributed by atoms with Gasteiger partial charge in [0.1, 0.15) is 36.6 Å². The van der Waals surface area contributed by atoms with Crippen LogP contribution in [-0.2, 0) is 4.79 Å². The molecule has 5 heterocycles. The van der Waals surface area contributed by atoms with Gasteiger partial charge in [0.05, 0.1) is 22.6 Å². The van der Waals surface area contributed by atoms with E-state index in [0.717, 1.165) is 45.9 Å². The number of pyridine rings is 1. The van der Waals surface area contributed by atoms with Gasteiger partial charge in [0.25, 0.3) is 0 Å². The van der Waals surface area contributed by atoms with Crippen LogP contribution < -0.4 is 19.7 Å². The normalized spacial score (nSPS) is 16.3. The summed E-state index contributed by atoms with van der Waals surface area (Å²) in [4.78, 5) is 32.6. The molecule has 2 aliphatic rings. The molecule has 1 atom stereocenters. The number of rotatable bonds is 7. The second-order valence-corrected chi connectivity index (χ2v) is 11.3. The Kier molecular flexibility index (Phi) is 7.18. The van der Waals surface area contributed by atoms with Crippen molar-refractivity contribution in [1.82, 2.24) is 34.4 Å². The van der Waals surface area contributed by atoms with E-state index in [1.807, 2.05) is 79.5 Å². The summed E-state index contributed by atoms with van der Waals surface area (Å²) in [6.07, 6.45) is 8.46. The zero-order chi connectivity index (χ0) is 30.2. The van der Waals surface area contributed by atoms with E-state index in [9.17, 15) is 4.79 Å². The summed E-state index contributed by atoms with van der Waals surface area (Å²) in [7, 11) is 3.96. The predicted octanol–water partition coefficient (Wildman–Crippen LogP) is 4.04. The first-order valence-corrected chi connectivity index (χ1v) is 14.6. The maximum absolute atomic E-state index is 13.0. The molecule has 5 aromatic rings. The van der Waals surface area contributed by atoms with Crippen molar-refractivity contribution in [3.05, 3.63) is 79.0 Å². The van der Waals surface area contributed by atoms with Crippen LogP contribution in [0.3, 0.4) is 0 Å². The van der Waals surface area contributed by atoms with Gasteiger partial charge >= 0.3 is 0 Å². The predicted molar refractivity (Wildman–Crippen MR) is 168 cm³/mol. The fourth-order valence-corrected chi connectivity index (χ4v) is 5.71. The number of ether oxygens (including phenoxy) is 2. The number of aryl methyl sites for hydroxylation is 1. The largest absolute Gasteiger partial charge is 0.488 e. The van der Waals surface area contributed by atoms with Crippen LogP contribution in [0.2, 0.25) is 0 Å². The van der Waals surface area contributed by atoms with Gasteiger partial charge in [-0.25, -0.2) is 19.5 Å². The highest BCUT2D eigenvalue weighted by atomic mass is 16.5. The monoisotopic (exact) mass is 591 g/mol. The number of benzene rings is 2. The molecule has 224 valence electrons. The van der Waals surface area contributed by atoms with Crippen LogP contribution in [0, 0.1) is 6.92 Å². The van der Waals surface area contributed by atoms with Crippen molar-refractivity contribution in [3.8, 4) is 17.2 Å². The number of fused-ring (bicyclic) bond motifs is 7. The lowest BCUT2D eigenvalue weighted by Gasteiger charge is -2.39. The molecular weight excluding hydrogens is 558 g/mol. The molecule has 2 aliphatic heterocycles. The van der Waals surface area contributed by atoms with Gasteiger partial charge in [0, 0.05) is 50.2 Å². The quantitative estimate of drug-likeness (QED) is 0.278. The summed E-state index contributed by atoms with van der Waals surface area (Å²) in [5, 5.41) is 8.42. The second kappa shape index (κ2) is 11.5. The van der Waals surface area contributed by atoms with E-state index in [4.69, 9.17) is 9.47 Å². The van der Waals surface area contributed by atoms with Gasteiger partial charge in [-0.1, -0.05) is 6.08 Å². The Morgan fingerprint density at radius 2 is 2.02 bits per heavy atom. The van der Waals surface area contributed by atoms with E-state index in [1.54, 1.807) is 16.9 Å². The minimum absolute atomic E-state index is 0.0171. The molecule has 44 heavy (non-hydrogen) atoms. The number of anilines is 3. The van der Waals surface area contributed by atoms with E-state index < -0.39 is 0 Å². The van der Waals surface area contributed by atoms with Gasteiger partial charge in [0.15, 0.2) is 11.4 Å². The van der Waals surface area contributed by atoms with Gasteiger partial charge in [0.2, 0.25) is 5.91 Å². The number of nitrogens with zero attached hydrogens (tertiary/aromatic N) is 8. The summed E-state index contributed by atoms with van der Waals surface area (Å²) in [5.41, 5.74) is 4.28. The Morgan fingerprint density at radius 3 is 2.89 bits per heavy atom. The Balaban J connectivity index is 1.13. The Hall–Kier alpha value is -5.23. The summed E-state index contributed by atoms with van der Waals surface area (Å²) in [6, 6.07) is 13.6. The number of nitrogens with one attached hydrogen (secondary N) is 1. The third kappa shape index (κ3) is 5.35. The van der Waals surface area contributed by atoms with Crippen molar-refractivity contribution in [2.75, 3.05) is 57.1 Å². The second-order valence-electron chi connectivity index (χ2n) is 11.3. The van der Waals surface area contributed by atoms with Crippen molar-refractivity contribution < 1.29 is 14.3 Å². The minimum atomic E-state index is -0.0654. The van der Waals surface area contributed by atoms with Gasteiger partial charge < -0.3 is 29.5 Å². The van der Waals surface area contributed by atoms with Crippen molar-refractivity contribution in [2.45, 2.75) is 13.0 Å². The molecular formula is C32H33N9O3. The van der Waals surface area contributed by atoms with Crippen molar-refractivity contribution in [2.24, 2.45) is 0 Å². The Labute approximate surface area is 254 Å². The highest BCUT2D eigenvalue weighted by Gasteiger charge is 2.35. The van der Waals surface area contributed by atoms with Crippen molar-refractivity contribution in [1.29, 1.82) is 0 Å². The van der Waals surface area contributed by atoms with Crippen LogP contribution in [0.5, 0.6) is 17.2 Å². The highest BCUT2D eigenvalue weighted by molar-refractivity contribution is 6.00. The van der Waals surface area contributed by atoms with Crippen LogP contribution in [-0.4, -0.2) is 93.2 Å². The average Bonchev–Trinajstić information content (AvgIpc) is 3.43. The molecule has 0 aliphatic carbocycles. The van der Waals surface area contributed by atoms with Gasteiger partial charge in [-0.15, -0.1) is 0 Å². The molecule has 2 aromatic carbocycles. The fourth-order valence-electron chi connectivity index (χ4n) is 5.71. The number of piperazine rings is 1. The van der Waals surface area contributed by atoms with E-state index in [-0.39, 0.29) is 11.9 Å². The van der Waals surface area contributed by atoms with Crippen molar-refractivity contribution >= 4 is 39.6 Å². The Morgan fingerprint density at radius 1 is 1.11 bits per heavy atom. The molecule has 0 radical (unpaired) electrons. The van der Waals surface area contributed by atoms with E-state index in [1.165, 1.54) is 6.33 Å². The molecule has 3 aromatic heterocycles. The molecule has 12 heteroatoms.